The van der Waals surface area contributed by atoms with Crippen LogP contribution in [0.1, 0.15) is 33.6 Å². The molecule has 2 fully saturated rings. The van der Waals surface area contributed by atoms with E-state index >= 15 is 0 Å². The van der Waals surface area contributed by atoms with Crippen LogP contribution in [0.2, 0.25) is 5.02 Å². The van der Waals surface area contributed by atoms with Crippen molar-refractivity contribution in [3.8, 4) is 11.8 Å². The Bertz CT molecular complexity index is 632. The van der Waals surface area contributed by atoms with Gasteiger partial charge >= 0.3 is 6.09 Å². The van der Waals surface area contributed by atoms with Crippen LogP contribution in [0.25, 0.3) is 0 Å². The molecule has 1 aromatic rings. The zero-order valence-corrected chi connectivity index (χ0v) is 15.2. The number of nitrogens with zero attached hydrogens (tertiary/aromatic N) is 2. The van der Waals surface area contributed by atoms with Crippen molar-refractivity contribution >= 4 is 17.7 Å². The summed E-state index contributed by atoms with van der Waals surface area (Å²) >= 11 is 6.11. The third-order valence-corrected chi connectivity index (χ3v) is 4.51. The number of carbonyl (C=O) groups excluding carboxylic acids is 1. The van der Waals surface area contributed by atoms with Gasteiger partial charge in [-0.1, -0.05) is 11.6 Å². The van der Waals surface area contributed by atoms with Gasteiger partial charge in [-0.15, -0.1) is 0 Å². The maximum atomic E-state index is 12.5. The summed E-state index contributed by atoms with van der Waals surface area (Å²) in [7, 11) is 1.54. The Morgan fingerprint density at radius 3 is 2.79 bits per heavy atom. The number of piperidine rings is 1. The monoisotopic (exact) mass is 354 g/mol. The molecule has 0 spiro atoms. The Morgan fingerprint density at radius 2 is 2.12 bits per heavy atom. The predicted octanol–water partition coefficient (Wildman–Crippen LogP) is 3.52. The van der Waals surface area contributed by atoms with Crippen LogP contribution in [-0.2, 0) is 4.74 Å². The number of ether oxygens (including phenoxy) is 3. The molecule has 2 heterocycles. The molecule has 2 unspecified atom stereocenters. The van der Waals surface area contributed by atoms with Crippen LogP contribution < -0.4 is 9.47 Å². The first-order valence-corrected chi connectivity index (χ1v) is 8.51. The minimum atomic E-state index is -0.507. The van der Waals surface area contributed by atoms with Crippen molar-refractivity contribution in [3.63, 3.8) is 0 Å². The minimum Gasteiger partial charge on any atom is -0.481 e. The number of hydrogen-bond donors (Lipinski definition) is 0. The van der Waals surface area contributed by atoms with E-state index < -0.39 is 5.60 Å². The second kappa shape index (κ2) is 6.31. The normalized spacial score (nSPS) is 25.2. The Kier molecular flexibility index (Phi) is 4.51. The van der Waals surface area contributed by atoms with Gasteiger partial charge < -0.3 is 14.2 Å². The second-order valence-electron chi connectivity index (χ2n) is 7.29. The van der Waals surface area contributed by atoms with Crippen molar-refractivity contribution in [1.82, 2.24) is 9.88 Å². The van der Waals surface area contributed by atoms with E-state index in [2.05, 4.69) is 4.98 Å². The Labute approximate surface area is 147 Å². The molecule has 132 valence electrons. The van der Waals surface area contributed by atoms with Gasteiger partial charge in [0.1, 0.15) is 17.2 Å². The Hall–Kier alpha value is -1.69. The zero-order valence-electron chi connectivity index (χ0n) is 14.4. The van der Waals surface area contributed by atoms with Crippen LogP contribution in [0.15, 0.2) is 12.1 Å². The van der Waals surface area contributed by atoms with Gasteiger partial charge in [0.2, 0.25) is 11.8 Å². The first kappa shape index (κ1) is 17.1. The number of pyridine rings is 1. The molecule has 1 saturated carbocycles. The van der Waals surface area contributed by atoms with Crippen LogP contribution in [0.3, 0.4) is 0 Å². The molecular formula is C17H23ClN2O4. The minimum absolute atomic E-state index is 0.0207. The number of methoxy groups -OCH3 is 1. The van der Waals surface area contributed by atoms with E-state index in [0.717, 1.165) is 12.8 Å². The molecule has 3 rings (SSSR count). The molecule has 0 radical (unpaired) electrons. The highest BCUT2D eigenvalue weighted by atomic mass is 35.5. The van der Waals surface area contributed by atoms with E-state index in [0.29, 0.717) is 29.3 Å². The molecule has 0 N–H and O–H groups in total. The van der Waals surface area contributed by atoms with Gasteiger partial charge in [-0.25, -0.2) is 4.79 Å². The zero-order chi connectivity index (χ0) is 17.5. The van der Waals surface area contributed by atoms with Gasteiger partial charge in [-0.2, -0.15) is 4.98 Å². The largest absolute Gasteiger partial charge is 0.481 e. The molecule has 1 aromatic heterocycles. The standard InChI is InChI=1S/C17H23ClN2O4/c1-17(2,3)24-16(21)20-11(7-10-8-13(10)20)9-23-15-12(18)5-6-14(19-15)22-4/h5-6,10-11,13H,7-9H2,1-4H3/t10?,11-,13?/m1/s1. The lowest BCUT2D eigenvalue weighted by molar-refractivity contribution is 0.0137. The van der Waals surface area contributed by atoms with Gasteiger partial charge in [0.05, 0.1) is 13.2 Å². The number of rotatable bonds is 4. The SMILES string of the molecule is COc1ccc(Cl)c(OC[C@H]2CC3CC3N2C(=O)OC(C)(C)C)n1. The van der Waals surface area contributed by atoms with Crippen molar-refractivity contribution in [2.45, 2.75) is 51.3 Å². The number of carbonyl (C=O) groups is 1. The summed E-state index contributed by atoms with van der Waals surface area (Å²) in [4.78, 5) is 18.5. The number of halogens is 1. The fourth-order valence-electron chi connectivity index (χ4n) is 3.10. The van der Waals surface area contributed by atoms with E-state index in [1.807, 2.05) is 25.7 Å². The quantitative estimate of drug-likeness (QED) is 0.827. The fraction of sp³-hybridized carbons (Fsp3) is 0.647. The molecule has 1 aliphatic heterocycles. The molecular weight excluding hydrogens is 332 g/mol. The maximum absolute atomic E-state index is 12.5. The van der Waals surface area contributed by atoms with Crippen molar-refractivity contribution in [2.24, 2.45) is 5.92 Å². The Morgan fingerprint density at radius 1 is 1.38 bits per heavy atom. The lowest BCUT2D eigenvalue weighted by Gasteiger charge is -2.30. The molecule has 1 saturated heterocycles. The molecule has 3 atom stereocenters. The van der Waals surface area contributed by atoms with Crippen LogP contribution in [-0.4, -0.2) is 47.4 Å². The highest BCUT2D eigenvalue weighted by Gasteiger charge is 2.55. The van der Waals surface area contributed by atoms with Gasteiger partial charge in [0.15, 0.2) is 0 Å². The number of hydrogen-bond acceptors (Lipinski definition) is 5. The molecule has 1 amide bonds. The van der Waals surface area contributed by atoms with E-state index in [1.54, 1.807) is 12.1 Å². The van der Waals surface area contributed by atoms with E-state index in [-0.39, 0.29) is 18.2 Å². The second-order valence-corrected chi connectivity index (χ2v) is 7.70. The highest BCUT2D eigenvalue weighted by molar-refractivity contribution is 6.31. The first-order valence-electron chi connectivity index (χ1n) is 8.13. The van der Waals surface area contributed by atoms with Crippen LogP contribution in [0.4, 0.5) is 4.79 Å². The summed E-state index contributed by atoms with van der Waals surface area (Å²) < 4.78 is 16.4. The number of amides is 1. The van der Waals surface area contributed by atoms with Crippen LogP contribution in [0.5, 0.6) is 11.8 Å². The lowest BCUT2D eigenvalue weighted by atomic mass is 10.2. The summed E-state index contributed by atoms with van der Waals surface area (Å²) in [6.45, 7) is 5.95. The van der Waals surface area contributed by atoms with E-state index in [1.165, 1.54) is 7.11 Å². The summed E-state index contributed by atoms with van der Waals surface area (Å²) in [5, 5.41) is 0.419. The fourth-order valence-corrected chi connectivity index (χ4v) is 3.26. The lowest BCUT2D eigenvalue weighted by Crippen LogP contribution is -2.44. The highest BCUT2D eigenvalue weighted by Crippen LogP contribution is 2.48. The van der Waals surface area contributed by atoms with Gasteiger partial charge in [0, 0.05) is 12.1 Å². The average Bonchev–Trinajstić information content (AvgIpc) is 3.15. The summed E-state index contributed by atoms with van der Waals surface area (Å²) in [6.07, 6.45) is 1.70. The smallest absolute Gasteiger partial charge is 0.410 e. The molecule has 0 aromatic carbocycles. The number of likely N-dealkylation sites (tertiary alicyclic amines) is 1. The van der Waals surface area contributed by atoms with E-state index in [9.17, 15) is 4.79 Å². The molecule has 7 heteroatoms. The topological polar surface area (TPSA) is 60.9 Å². The Balaban J connectivity index is 1.65. The molecule has 1 aliphatic carbocycles. The van der Waals surface area contributed by atoms with Gasteiger partial charge in [-0.3, -0.25) is 4.90 Å². The molecule has 24 heavy (non-hydrogen) atoms. The summed E-state index contributed by atoms with van der Waals surface area (Å²) in [5.41, 5.74) is -0.507. The number of fused-ring (bicyclic) bond motifs is 1. The van der Waals surface area contributed by atoms with Crippen molar-refractivity contribution in [1.29, 1.82) is 0 Å². The molecule has 0 bridgehead atoms. The first-order chi connectivity index (χ1) is 11.3. The van der Waals surface area contributed by atoms with Crippen molar-refractivity contribution < 1.29 is 19.0 Å². The summed E-state index contributed by atoms with van der Waals surface area (Å²) in [5.74, 6) is 1.31. The number of aromatic nitrogens is 1. The van der Waals surface area contributed by atoms with E-state index in [4.69, 9.17) is 25.8 Å². The molecule has 2 aliphatic rings. The average molecular weight is 355 g/mol. The predicted molar refractivity (Wildman–Crippen MR) is 89.7 cm³/mol. The third kappa shape index (κ3) is 3.69. The molecule has 6 nitrogen and oxygen atoms in total. The summed E-state index contributed by atoms with van der Waals surface area (Å²) in [6, 6.07) is 3.61. The van der Waals surface area contributed by atoms with Crippen LogP contribution in [0, 0.1) is 5.92 Å². The van der Waals surface area contributed by atoms with Crippen molar-refractivity contribution in [2.75, 3.05) is 13.7 Å². The van der Waals surface area contributed by atoms with Gasteiger partial charge in [0.25, 0.3) is 0 Å². The van der Waals surface area contributed by atoms with Crippen molar-refractivity contribution in [3.05, 3.63) is 17.2 Å². The van der Waals surface area contributed by atoms with Crippen LogP contribution >= 0.6 is 11.6 Å². The maximum Gasteiger partial charge on any atom is 0.410 e. The third-order valence-electron chi connectivity index (χ3n) is 4.22. The van der Waals surface area contributed by atoms with Gasteiger partial charge in [-0.05, 0) is 45.6 Å².